The van der Waals surface area contributed by atoms with Crippen molar-refractivity contribution in [1.82, 2.24) is 15.2 Å². The molecule has 4 rings (SSSR count). The predicted octanol–water partition coefficient (Wildman–Crippen LogP) is 3.80. The summed E-state index contributed by atoms with van der Waals surface area (Å²) in [4.78, 5) is 19.3. The smallest absolute Gasteiger partial charge is 0.234 e. The van der Waals surface area contributed by atoms with Gasteiger partial charge in [0.25, 0.3) is 0 Å². The van der Waals surface area contributed by atoms with E-state index in [1.807, 2.05) is 41.7 Å². The maximum atomic E-state index is 12.3. The number of nitrogens with one attached hydrogen (secondary N) is 1. The van der Waals surface area contributed by atoms with E-state index in [0.717, 1.165) is 42.8 Å². The third kappa shape index (κ3) is 4.51. The second-order valence-corrected chi connectivity index (χ2v) is 8.26. The Balaban J connectivity index is 1.23. The fourth-order valence-electron chi connectivity index (χ4n) is 3.61. The van der Waals surface area contributed by atoms with E-state index in [1.165, 1.54) is 9.71 Å². The Morgan fingerprint density at radius 1 is 1.18 bits per heavy atom. The van der Waals surface area contributed by atoms with Crippen molar-refractivity contribution in [3.05, 3.63) is 59.1 Å². The number of benzene rings is 2. The number of aromatic nitrogens is 1. The van der Waals surface area contributed by atoms with Gasteiger partial charge in [-0.2, -0.15) is 0 Å². The molecule has 0 bridgehead atoms. The van der Waals surface area contributed by atoms with Gasteiger partial charge in [0.2, 0.25) is 5.91 Å². The van der Waals surface area contributed by atoms with Crippen LogP contribution in [0.1, 0.15) is 29.3 Å². The van der Waals surface area contributed by atoms with Gasteiger partial charge in [-0.3, -0.25) is 9.69 Å². The number of fused-ring (bicyclic) bond motifs is 1. The minimum absolute atomic E-state index is 0.0780. The highest BCUT2D eigenvalue weighted by Crippen LogP contribution is 2.33. The van der Waals surface area contributed by atoms with E-state index in [0.29, 0.717) is 19.0 Å². The number of nitrogens with zero attached hydrogens (tertiary/aromatic N) is 2. The fraction of sp³-hybridized carbons (Fsp3) is 0.364. The van der Waals surface area contributed by atoms with Crippen LogP contribution in [-0.2, 0) is 11.3 Å². The summed E-state index contributed by atoms with van der Waals surface area (Å²) >= 11 is 1.81. The zero-order chi connectivity index (χ0) is 19.3. The van der Waals surface area contributed by atoms with E-state index < -0.39 is 0 Å². The Morgan fingerprint density at radius 3 is 2.64 bits per heavy atom. The van der Waals surface area contributed by atoms with Crippen LogP contribution in [0.4, 0.5) is 0 Å². The van der Waals surface area contributed by atoms with Crippen LogP contribution in [0.2, 0.25) is 0 Å². The Morgan fingerprint density at radius 2 is 1.93 bits per heavy atom. The van der Waals surface area contributed by atoms with Crippen molar-refractivity contribution >= 4 is 27.5 Å². The molecule has 0 atom stereocenters. The SMILES string of the molecule is COc1ccc(CNC(=O)CN2CCC(c3nc4ccccc4s3)CC2)cc1. The lowest BCUT2D eigenvalue weighted by Gasteiger charge is -2.30. The van der Waals surface area contributed by atoms with Crippen LogP contribution in [0.5, 0.6) is 5.75 Å². The maximum Gasteiger partial charge on any atom is 0.234 e. The molecule has 1 saturated heterocycles. The van der Waals surface area contributed by atoms with Crippen molar-refractivity contribution in [3.63, 3.8) is 0 Å². The fourth-order valence-corrected chi connectivity index (χ4v) is 4.74. The molecule has 28 heavy (non-hydrogen) atoms. The summed E-state index contributed by atoms with van der Waals surface area (Å²) in [7, 11) is 1.65. The molecule has 2 heterocycles. The average Bonchev–Trinajstić information content (AvgIpc) is 3.17. The second-order valence-electron chi connectivity index (χ2n) is 7.20. The number of amides is 1. The quantitative estimate of drug-likeness (QED) is 0.690. The van der Waals surface area contributed by atoms with Crippen molar-refractivity contribution in [2.75, 3.05) is 26.7 Å². The average molecular weight is 396 g/mol. The maximum absolute atomic E-state index is 12.3. The highest BCUT2D eigenvalue weighted by molar-refractivity contribution is 7.18. The standard InChI is InChI=1S/C22H25N3O2S/c1-27-18-8-6-16(7-9-18)14-23-21(26)15-25-12-10-17(11-13-25)22-24-19-4-2-3-5-20(19)28-22/h2-9,17H,10-15H2,1H3,(H,23,26). The van der Waals surface area contributed by atoms with Crippen LogP contribution in [0.15, 0.2) is 48.5 Å². The molecule has 3 aromatic rings. The molecule has 0 saturated carbocycles. The number of likely N-dealkylation sites (tertiary alicyclic amines) is 1. The third-order valence-electron chi connectivity index (χ3n) is 5.26. The van der Waals surface area contributed by atoms with Gasteiger partial charge >= 0.3 is 0 Å². The van der Waals surface area contributed by atoms with Gasteiger partial charge in [0.05, 0.1) is 28.9 Å². The number of methoxy groups -OCH3 is 1. The molecule has 1 aliphatic rings. The minimum Gasteiger partial charge on any atom is -0.497 e. The number of piperidine rings is 1. The van der Waals surface area contributed by atoms with Crippen molar-refractivity contribution in [2.24, 2.45) is 0 Å². The first kappa shape index (κ1) is 18.9. The summed E-state index contributed by atoms with van der Waals surface area (Å²) in [5.74, 6) is 1.41. The van der Waals surface area contributed by atoms with Gasteiger partial charge in [0, 0.05) is 12.5 Å². The van der Waals surface area contributed by atoms with Crippen LogP contribution in [-0.4, -0.2) is 42.5 Å². The zero-order valence-electron chi connectivity index (χ0n) is 16.1. The van der Waals surface area contributed by atoms with Crippen molar-refractivity contribution < 1.29 is 9.53 Å². The molecule has 1 amide bonds. The van der Waals surface area contributed by atoms with Gasteiger partial charge in [-0.25, -0.2) is 4.98 Å². The molecule has 0 aliphatic carbocycles. The van der Waals surface area contributed by atoms with Crippen LogP contribution in [0.3, 0.4) is 0 Å². The molecular weight excluding hydrogens is 370 g/mol. The van der Waals surface area contributed by atoms with E-state index in [2.05, 4.69) is 28.4 Å². The molecule has 0 radical (unpaired) electrons. The van der Waals surface area contributed by atoms with Crippen molar-refractivity contribution in [3.8, 4) is 5.75 Å². The lowest BCUT2D eigenvalue weighted by molar-refractivity contribution is -0.122. The lowest BCUT2D eigenvalue weighted by atomic mass is 9.97. The Labute approximate surface area is 169 Å². The molecule has 1 N–H and O–H groups in total. The number of thiazole rings is 1. The van der Waals surface area contributed by atoms with Crippen LogP contribution >= 0.6 is 11.3 Å². The Kier molecular flexibility index (Phi) is 5.88. The number of hydrogen-bond donors (Lipinski definition) is 1. The number of para-hydroxylation sites is 1. The topological polar surface area (TPSA) is 54.5 Å². The molecule has 1 aromatic heterocycles. The highest BCUT2D eigenvalue weighted by atomic mass is 32.1. The summed E-state index contributed by atoms with van der Waals surface area (Å²) in [6.45, 7) is 2.89. The lowest BCUT2D eigenvalue weighted by Crippen LogP contribution is -2.41. The van der Waals surface area contributed by atoms with Gasteiger partial charge in [-0.05, 0) is 55.8 Å². The van der Waals surface area contributed by atoms with Crippen molar-refractivity contribution in [2.45, 2.75) is 25.3 Å². The number of carbonyl (C=O) groups is 1. The first-order chi connectivity index (χ1) is 13.7. The number of rotatable bonds is 6. The normalized spacial score (nSPS) is 15.6. The molecule has 1 aliphatic heterocycles. The summed E-state index contributed by atoms with van der Waals surface area (Å²) in [5, 5.41) is 4.25. The first-order valence-electron chi connectivity index (χ1n) is 9.69. The van der Waals surface area contributed by atoms with Crippen LogP contribution in [0.25, 0.3) is 10.2 Å². The van der Waals surface area contributed by atoms with Gasteiger partial charge in [0.15, 0.2) is 0 Å². The highest BCUT2D eigenvalue weighted by Gasteiger charge is 2.24. The predicted molar refractivity (Wildman–Crippen MR) is 113 cm³/mol. The van der Waals surface area contributed by atoms with Gasteiger partial charge in [-0.15, -0.1) is 11.3 Å². The molecule has 1 fully saturated rings. The van der Waals surface area contributed by atoms with Gasteiger partial charge < -0.3 is 10.1 Å². The molecular formula is C22H25N3O2S. The number of ether oxygens (including phenoxy) is 1. The Hall–Kier alpha value is -2.44. The minimum atomic E-state index is 0.0780. The largest absolute Gasteiger partial charge is 0.497 e. The van der Waals surface area contributed by atoms with Gasteiger partial charge in [0.1, 0.15) is 5.75 Å². The monoisotopic (exact) mass is 395 g/mol. The van der Waals surface area contributed by atoms with E-state index in [1.54, 1.807) is 7.11 Å². The van der Waals surface area contributed by atoms with E-state index in [9.17, 15) is 4.79 Å². The summed E-state index contributed by atoms with van der Waals surface area (Å²) in [6.07, 6.45) is 2.12. The first-order valence-corrected chi connectivity index (χ1v) is 10.5. The molecule has 5 nitrogen and oxygen atoms in total. The molecule has 2 aromatic carbocycles. The Bertz CT molecular complexity index is 897. The number of carbonyl (C=O) groups excluding carboxylic acids is 1. The summed E-state index contributed by atoms with van der Waals surface area (Å²) in [5.41, 5.74) is 2.17. The van der Waals surface area contributed by atoms with E-state index >= 15 is 0 Å². The van der Waals surface area contributed by atoms with E-state index in [-0.39, 0.29) is 5.91 Å². The van der Waals surface area contributed by atoms with Crippen LogP contribution in [0, 0.1) is 0 Å². The van der Waals surface area contributed by atoms with Crippen molar-refractivity contribution in [1.29, 1.82) is 0 Å². The van der Waals surface area contributed by atoms with E-state index in [4.69, 9.17) is 9.72 Å². The molecule has 0 unspecified atom stereocenters. The summed E-state index contributed by atoms with van der Waals surface area (Å²) in [6, 6.07) is 16.1. The molecule has 146 valence electrons. The van der Waals surface area contributed by atoms with Gasteiger partial charge in [-0.1, -0.05) is 24.3 Å². The molecule has 6 heteroatoms. The summed E-state index contributed by atoms with van der Waals surface area (Å²) < 4.78 is 6.42. The molecule has 0 spiro atoms. The van der Waals surface area contributed by atoms with Crippen LogP contribution < -0.4 is 10.1 Å². The number of hydrogen-bond acceptors (Lipinski definition) is 5. The second kappa shape index (κ2) is 8.71. The third-order valence-corrected chi connectivity index (χ3v) is 6.46. The zero-order valence-corrected chi connectivity index (χ0v) is 16.9.